The maximum Gasteiger partial charge on any atom is 0.326 e. The summed E-state index contributed by atoms with van der Waals surface area (Å²) >= 11 is 0. The summed E-state index contributed by atoms with van der Waals surface area (Å²) in [5.41, 5.74) is 1.31. The maximum absolute atomic E-state index is 14.0. The van der Waals surface area contributed by atoms with Crippen molar-refractivity contribution in [2.75, 3.05) is 6.61 Å². The van der Waals surface area contributed by atoms with Crippen LogP contribution in [0.1, 0.15) is 11.3 Å². The van der Waals surface area contributed by atoms with Gasteiger partial charge in [-0.3, -0.25) is 9.59 Å². The Kier molecular flexibility index (Phi) is 7.00. The minimum Gasteiger partial charge on any atom is -0.484 e. The molecule has 0 radical (unpaired) electrons. The second-order valence-electron chi connectivity index (χ2n) is 8.82. The number of nitrogens with one attached hydrogen (secondary N) is 2. The molecule has 0 saturated carbocycles. The van der Waals surface area contributed by atoms with Gasteiger partial charge in [0.15, 0.2) is 18.2 Å². The summed E-state index contributed by atoms with van der Waals surface area (Å²) in [7, 11) is 0. The van der Waals surface area contributed by atoms with Gasteiger partial charge in [-0.15, -0.1) is 0 Å². The lowest BCUT2D eigenvalue weighted by molar-refractivity contribution is -0.142. The number of para-hydroxylation sites is 2. The molecule has 0 bridgehead atoms. The number of benzene rings is 3. The van der Waals surface area contributed by atoms with Crippen molar-refractivity contribution >= 4 is 33.7 Å². The lowest BCUT2D eigenvalue weighted by Gasteiger charge is -2.15. The number of carbonyl (C=O) groups excluding carboxylic acids is 1. The molecule has 9 nitrogen and oxygen atoms in total. The molecular weight excluding hydrogens is 507 g/mol. The van der Waals surface area contributed by atoms with E-state index in [1.54, 1.807) is 12.3 Å². The van der Waals surface area contributed by atoms with E-state index >= 15 is 0 Å². The van der Waals surface area contributed by atoms with Crippen LogP contribution in [0.25, 0.3) is 21.9 Å². The Balaban J connectivity index is 1.27. The van der Waals surface area contributed by atoms with Gasteiger partial charge >= 0.3 is 5.97 Å². The predicted octanol–water partition coefficient (Wildman–Crippen LogP) is 4.71. The lowest BCUT2D eigenvalue weighted by Crippen LogP contribution is -2.44. The van der Waals surface area contributed by atoms with Gasteiger partial charge in [0.1, 0.15) is 23.1 Å². The third kappa shape index (κ3) is 5.45. The van der Waals surface area contributed by atoms with Crippen LogP contribution in [0.2, 0.25) is 0 Å². The molecule has 0 fully saturated rings. The highest BCUT2D eigenvalue weighted by molar-refractivity contribution is 5.87. The molecule has 0 spiro atoms. The van der Waals surface area contributed by atoms with E-state index in [-0.39, 0.29) is 40.4 Å². The zero-order chi connectivity index (χ0) is 27.5. The van der Waals surface area contributed by atoms with Gasteiger partial charge in [0.25, 0.3) is 5.91 Å². The Bertz CT molecular complexity index is 1760. The van der Waals surface area contributed by atoms with Crippen molar-refractivity contribution < 1.29 is 33.0 Å². The van der Waals surface area contributed by atoms with E-state index in [1.807, 2.05) is 24.3 Å². The van der Waals surface area contributed by atoms with E-state index in [9.17, 15) is 23.9 Å². The van der Waals surface area contributed by atoms with Gasteiger partial charge in [0.2, 0.25) is 11.2 Å². The van der Waals surface area contributed by atoms with E-state index in [0.29, 0.717) is 0 Å². The van der Waals surface area contributed by atoms with E-state index < -0.39 is 35.8 Å². The molecule has 3 aromatic carbocycles. The van der Waals surface area contributed by atoms with Crippen LogP contribution in [-0.2, 0) is 16.0 Å². The lowest BCUT2D eigenvalue weighted by atomic mass is 10.1. The molecule has 5 aromatic rings. The molecule has 2 aromatic heterocycles. The number of rotatable bonds is 9. The number of carboxylic acids is 1. The van der Waals surface area contributed by atoms with Crippen molar-refractivity contribution in [2.45, 2.75) is 19.4 Å². The van der Waals surface area contributed by atoms with Gasteiger partial charge in [-0.25, -0.2) is 9.18 Å². The number of aromatic nitrogens is 1. The molecule has 5 rings (SSSR count). The number of amides is 1. The summed E-state index contributed by atoms with van der Waals surface area (Å²) in [5.74, 6) is -2.32. The average molecular weight is 531 g/mol. The summed E-state index contributed by atoms with van der Waals surface area (Å²) in [6, 6.07) is 16.4. The highest BCUT2D eigenvalue weighted by Gasteiger charge is 2.22. The summed E-state index contributed by atoms with van der Waals surface area (Å²) in [6.07, 6.45) is 1.81. The molecule has 39 heavy (non-hydrogen) atoms. The number of aromatic amines is 1. The first kappa shape index (κ1) is 25.5. The third-order valence-corrected chi connectivity index (χ3v) is 6.14. The van der Waals surface area contributed by atoms with Crippen LogP contribution in [0.4, 0.5) is 4.39 Å². The minimum absolute atomic E-state index is 0.0861. The number of aryl methyl sites for hydroxylation is 1. The number of aliphatic carboxylic acids is 1. The number of ether oxygens (including phenoxy) is 2. The Morgan fingerprint density at radius 2 is 1.85 bits per heavy atom. The van der Waals surface area contributed by atoms with Crippen LogP contribution in [0.5, 0.6) is 17.2 Å². The maximum atomic E-state index is 14.0. The SMILES string of the molecule is Cc1oc2cc(OCC(=O)NC(Cc3c[nH]c4ccccc34)C(=O)O)ccc2c(=O)c1Oc1ccccc1F. The van der Waals surface area contributed by atoms with Crippen molar-refractivity contribution in [1.29, 1.82) is 0 Å². The number of carboxylic acid groups (broad SMARTS) is 1. The van der Waals surface area contributed by atoms with Crippen molar-refractivity contribution in [3.63, 3.8) is 0 Å². The largest absolute Gasteiger partial charge is 0.484 e. The molecular formula is C29H23FN2O7. The fourth-order valence-corrected chi connectivity index (χ4v) is 4.22. The Morgan fingerprint density at radius 1 is 1.08 bits per heavy atom. The highest BCUT2D eigenvalue weighted by atomic mass is 19.1. The summed E-state index contributed by atoms with van der Waals surface area (Å²) < 4.78 is 30.7. The number of hydrogen-bond acceptors (Lipinski definition) is 6. The van der Waals surface area contributed by atoms with E-state index in [1.165, 1.54) is 43.3 Å². The molecule has 10 heteroatoms. The van der Waals surface area contributed by atoms with Crippen LogP contribution < -0.4 is 20.2 Å². The molecule has 198 valence electrons. The first-order chi connectivity index (χ1) is 18.8. The molecule has 2 heterocycles. The highest BCUT2D eigenvalue weighted by Crippen LogP contribution is 2.28. The van der Waals surface area contributed by atoms with Gasteiger partial charge < -0.3 is 29.3 Å². The predicted molar refractivity (Wildman–Crippen MR) is 141 cm³/mol. The molecule has 1 unspecified atom stereocenters. The molecule has 0 aliphatic heterocycles. The van der Waals surface area contributed by atoms with Crippen LogP contribution in [0.3, 0.4) is 0 Å². The monoisotopic (exact) mass is 530 g/mol. The van der Waals surface area contributed by atoms with Crippen LogP contribution in [-0.4, -0.2) is 34.6 Å². The van der Waals surface area contributed by atoms with Gasteiger partial charge in [0, 0.05) is 29.6 Å². The third-order valence-electron chi connectivity index (χ3n) is 6.14. The van der Waals surface area contributed by atoms with Crippen LogP contribution >= 0.6 is 0 Å². The number of H-pyrrole nitrogens is 1. The normalized spacial score (nSPS) is 11.8. The summed E-state index contributed by atoms with van der Waals surface area (Å²) in [5, 5.41) is 13.2. The van der Waals surface area contributed by atoms with E-state index in [0.717, 1.165) is 16.5 Å². The van der Waals surface area contributed by atoms with Crippen molar-refractivity contribution in [3.8, 4) is 17.2 Å². The summed E-state index contributed by atoms with van der Waals surface area (Å²) in [6.45, 7) is 1.05. The molecule has 0 aliphatic rings. The molecule has 0 aliphatic carbocycles. The van der Waals surface area contributed by atoms with E-state index in [2.05, 4.69) is 10.3 Å². The smallest absolute Gasteiger partial charge is 0.326 e. The first-order valence-electron chi connectivity index (χ1n) is 12.0. The van der Waals surface area contributed by atoms with Crippen LogP contribution in [0.15, 0.2) is 82.1 Å². The number of halogens is 1. The Hall–Kier alpha value is -5.12. The van der Waals surface area contributed by atoms with Crippen molar-refractivity contribution in [1.82, 2.24) is 10.3 Å². The first-order valence-corrected chi connectivity index (χ1v) is 12.0. The van der Waals surface area contributed by atoms with Crippen molar-refractivity contribution in [3.05, 3.63) is 100 Å². The number of hydrogen-bond donors (Lipinski definition) is 3. The molecule has 1 amide bonds. The molecule has 0 saturated heterocycles. The fraction of sp³-hybridized carbons (Fsp3) is 0.138. The summed E-state index contributed by atoms with van der Waals surface area (Å²) in [4.78, 5) is 40.4. The second kappa shape index (κ2) is 10.7. The van der Waals surface area contributed by atoms with Gasteiger partial charge in [0.05, 0.1) is 5.39 Å². The topological polar surface area (TPSA) is 131 Å². The van der Waals surface area contributed by atoms with E-state index in [4.69, 9.17) is 13.9 Å². The van der Waals surface area contributed by atoms with Gasteiger partial charge in [-0.2, -0.15) is 0 Å². The average Bonchev–Trinajstić information content (AvgIpc) is 3.33. The molecule has 1 atom stereocenters. The molecule has 3 N–H and O–H groups in total. The number of carbonyl (C=O) groups is 2. The zero-order valence-electron chi connectivity index (χ0n) is 20.7. The van der Waals surface area contributed by atoms with Gasteiger partial charge in [-0.05, 0) is 42.8 Å². The quantitative estimate of drug-likeness (QED) is 0.252. The van der Waals surface area contributed by atoms with Crippen LogP contribution in [0, 0.1) is 12.7 Å². The Labute approximate surface area is 220 Å². The number of fused-ring (bicyclic) bond motifs is 2. The minimum atomic E-state index is -1.18. The second-order valence-corrected chi connectivity index (χ2v) is 8.82. The zero-order valence-corrected chi connectivity index (χ0v) is 20.7. The van der Waals surface area contributed by atoms with Gasteiger partial charge in [-0.1, -0.05) is 30.3 Å². The van der Waals surface area contributed by atoms with Crippen molar-refractivity contribution in [2.24, 2.45) is 0 Å². The Morgan fingerprint density at radius 3 is 2.64 bits per heavy atom. The standard InChI is InChI=1S/C29H23FN2O7/c1-16-28(39-24-9-5-3-7-21(24)30)27(34)20-11-10-18(13-25(20)38-16)37-15-26(33)32-23(29(35)36)12-17-14-31-22-8-4-2-6-19(17)22/h2-11,13-14,23,31H,12,15H2,1H3,(H,32,33)(H,35,36). The fourth-order valence-electron chi connectivity index (χ4n) is 4.22.